The molecule has 0 aromatic carbocycles. The van der Waals surface area contributed by atoms with E-state index >= 15 is 0 Å². The van der Waals surface area contributed by atoms with Crippen LogP contribution in [0.25, 0.3) is 0 Å². The van der Waals surface area contributed by atoms with Gasteiger partial charge in [0.05, 0.1) is 0 Å². The number of aliphatic hydroxyl groups excluding tert-OH is 1. The van der Waals surface area contributed by atoms with Crippen molar-refractivity contribution < 1.29 is 14.7 Å². The van der Waals surface area contributed by atoms with Gasteiger partial charge in [-0.1, -0.05) is 0 Å². The van der Waals surface area contributed by atoms with E-state index in [4.69, 9.17) is 0 Å². The summed E-state index contributed by atoms with van der Waals surface area (Å²) in [5.74, 6) is 0. The van der Waals surface area contributed by atoms with Gasteiger partial charge in [-0.15, -0.1) is 0 Å². The van der Waals surface area contributed by atoms with Gasteiger partial charge in [-0.3, -0.25) is 4.90 Å². The third kappa shape index (κ3) is 1.12. The Morgan fingerprint density at radius 1 is 1.06 bits per heavy atom. The number of carbonyl (C=O) groups is 2. The summed E-state index contributed by atoms with van der Waals surface area (Å²) in [7, 11) is 3.30. The van der Waals surface area contributed by atoms with Crippen molar-refractivity contribution in [3.05, 3.63) is 0 Å². The Hall–Kier alpha value is -1.50. The second kappa shape index (κ2) is 3.51. The van der Waals surface area contributed by atoms with Crippen LogP contribution in [0, 0.1) is 0 Å². The lowest BCUT2D eigenvalue weighted by Crippen LogP contribution is -2.44. The standard InChI is InChI=1S/C9H16N4O3/c1-4-12-6-7(13(5-14)9(12)16)11(3)8(15)10(6)2/h6-7,14H,4-5H2,1-3H3. The molecule has 2 atom stereocenters. The average molecular weight is 228 g/mol. The minimum absolute atomic E-state index is 0.139. The number of amides is 4. The number of nitrogens with zero attached hydrogens (tertiary/aromatic N) is 4. The lowest BCUT2D eigenvalue weighted by molar-refractivity contribution is 0.0706. The van der Waals surface area contributed by atoms with Crippen molar-refractivity contribution in [2.75, 3.05) is 27.4 Å². The Morgan fingerprint density at radius 2 is 1.56 bits per heavy atom. The second-order valence-corrected chi connectivity index (χ2v) is 4.01. The summed E-state index contributed by atoms with van der Waals surface area (Å²) >= 11 is 0. The third-order valence-corrected chi connectivity index (χ3v) is 3.29. The van der Waals surface area contributed by atoms with E-state index in [9.17, 15) is 14.7 Å². The predicted molar refractivity (Wildman–Crippen MR) is 55.2 cm³/mol. The van der Waals surface area contributed by atoms with Gasteiger partial charge in [0.2, 0.25) is 0 Å². The van der Waals surface area contributed by atoms with Crippen LogP contribution in [-0.4, -0.2) is 76.5 Å². The lowest BCUT2D eigenvalue weighted by atomic mass is 10.3. The van der Waals surface area contributed by atoms with Crippen molar-refractivity contribution in [2.45, 2.75) is 19.3 Å². The highest BCUT2D eigenvalue weighted by Gasteiger charge is 2.56. The summed E-state index contributed by atoms with van der Waals surface area (Å²) in [5.41, 5.74) is 0. The van der Waals surface area contributed by atoms with Gasteiger partial charge in [0.25, 0.3) is 0 Å². The maximum Gasteiger partial charge on any atom is 0.325 e. The fourth-order valence-electron chi connectivity index (χ4n) is 2.47. The van der Waals surface area contributed by atoms with Crippen molar-refractivity contribution in [1.29, 1.82) is 0 Å². The number of rotatable bonds is 2. The highest BCUT2D eigenvalue weighted by Crippen LogP contribution is 2.32. The highest BCUT2D eigenvalue weighted by molar-refractivity contribution is 5.84. The molecule has 0 aromatic heterocycles. The molecule has 2 aliphatic rings. The minimum Gasteiger partial charge on any atom is -0.376 e. The molecule has 0 saturated carbocycles. The third-order valence-electron chi connectivity index (χ3n) is 3.29. The number of hydrogen-bond donors (Lipinski definition) is 1. The molecule has 1 N–H and O–H groups in total. The second-order valence-electron chi connectivity index (χ2n) is 4.01. The molecule has 0 aliphatic carbocycles. The van der Waals surface area contributed by atoms with E-state index in [-0.39, 0.29) is 25.0 Å². The smallest absolute Gasteiger partial charge is 0.325 e. The number of carbonyl (C=O) groups excluding carboxylic acids is 2. The Kier molecular flexibility index (Phi) is 2.42. The van der Waals surface area contributed by atoms with Crippen LogP contribution in [0.3, 0.4) is 0 Å². The van der Waals surface area contributed by atoms with E-state index in [1.165, 1.54) is 14.7 Å². The fourth-order valence-corrected chi connectivity index (χ4v) is 2.47. The maximum atomic E-state index is 11.9. The van der Waals surface area contributed by atoms with E-state index in [2.05, 4.69) is 0 Å². The first-order chi connectivity index (χ1) is 7.54. The average Bonchev–Trinajstić information content (AvgIpc) is 2.67. The van der Waals surface area contributed by atoms with Gasteiger partial charge in [-0.25, -0.2) is 9.59 Å². The van der Waals surface area contributed by atoms with Gasteiger partial charge in [0.1, 0.15) is 12.9 Å². The molecule has 7 nitrogen and oxygen atoms in total. The highest BCUT2D eigenvalue weighted by atomic mass is 16.3. The lowest BCUT2D eigenvalue weighted by Gasteiger charge is -2.25. The van der Waals surface area contributed by atoms with E-state index in [0.717, 1.165) is 0 Å². The van der Waals surface area contributed by atoms with Crippen LogP contribution < -0.4 is 0 Å². The van der Waals surface area contributed by atoms with Gasteiger partial charge in [0, 0.05) is 20.6 Å². The molecular weight excluding hydrogens is 212 g/mol. The maximum absolute atomic E-state index is 11.9. The first kappa shape index (κ1) is 11.0. The monoisotopic (exact) mass is 228 g/mol. The quantitative estimate of drug-likeness (QED) is 0.682. The molecule has 2 fully saturated rings. The van der Waals surface area contributed by atoms with Crippen LogP contribution in [0.1, 0.15) is 6.92 Å². The number of aliphatic hydroxyl groups is 1. The number of hydrogen-bond acceptors (Lipinski definition) is 3. The molecule has 2 rings (SSSR count). The number of likely N-dealkylation sites (N-methyl/N-ethyl adjacent to an activating group) is 3. The SMILES string of the molecule is CCN1C(=O)N(CO)C2C1N(C)C(=O)N2C. The zero-order chi connectivity index (χ0) is 12.0. The summed E-state index contributed by atoms with van der Waals surface area (Å²) < 4.78 is 0. The molecule has 90 valence electrons. The fraction of sp³-hybridized carbons (Fsp3) is 0.778. The molecule has 4 amide bonds. The Labute approximate surface area is 93.8 Å². The van der Waals surface area contributed by atoms with Crippen molar-refractivity contribution in [3.63, 3.8) is 0 Å². The van der Waals surface area contributed by atoms with Crippen molar-refractivity contribution >= 4 is 12.1 Å². The Morgan fingerprint density at radius 3 is 2.00 bits per heavy atom. The Bertz CT molecular complexity index is 307. The summed E-state index contributed by atoms with van der Waals surface area (Å²) in [6.07, 6.45) is -0.697. The summed E-state index contributed by atoms with van der Waals surface area (Å²) in [5, 5.41) is 9.21. The van der Waals surface area contributed by atoms with Crippen LogP contribution in [0.5, 0.6) is 0 Å². The summed E-state index contributed by atoms with van der Waals surface area (Å²) in [4.78, 5) is 29.6. The van der Waals surface area contributed by atoms with Crippen molar-refractivity contribution in [1.82, 2.24) is 19.6 Å². The molecule has 16 heavy (non-hydrogen) atoms. The van der Waals surface area contributed by atoms with Gasteiger partial charge >= 0.3 is 12.1 Å². The molecule has 0 aromatic rings. The molecule has 0 spiro atoms. The number of fused-ring (bicyclic) bond motifs is 1. The zero-order valence-corrected chi connectivity index (χ0v) is 9.62. The van der Waals surface area contributed by atoms with Crippen LogP contribution in [0.15, 0.2) is 0 Å². The van der Waals surface area contributed by atoms with E-state index in [0.29, 0.717) is 6.54 Å². The van der Waals surface area contributed by atoms with E-state index in [1.807, 2.05) is 6.92 Å². The molecule has 0 bridgehead atoms. The summed E-state index contributed by atoms with van der Waals surface area (Å²) in [6, 6.07) is -0.370. The molecule has 0 radical (unpaired) electrons. The normalized spacial score (nSPS) is 29.5. The van der Waals surface area contributed by atoms with Gasteiger partial charge in [-0.2, -0.15) is 0 Å². The van der Waals surface area contributed by atoms with Gasteiger partial charge < -0.3 is 19.8 Å². The van der Waals surface area contributed by atoms with Gasteiger partial charge in [0.15, 0.2) is 6.17 Å². The minimum atomic E-state index is -0.394. The molecule has 2 heterocycles. The van der Waals surface area contributed by atoms with Crippen LogP contribution in [-0.2, 0) is 0 Å². The van der Waals surface area contributed by atoms with Gasteiger partial charge in [-0.05, 0) is 6.92 Å². The first-order valence-electron chi connectivity index (χ1n) is 5.22. The van der Waals surface area contributed by atoms with Crippen LogP contribution in [0.2, 0.25) is 0 Å². The van der Waals surface area contributed by atoms with Crippen LogP contribution in [0.4, 0.5) is 9.59 Å². The van der Waals surface area contributed by atoms with Crippen molar-refractivity contribution in [3.8, 4) is 0 Å². The van der Waals surface area contributed by atoms with E-state index < -0.39 is 6.17 Å². The predicted octanol–water partition coefficient (Wildman–Crippen LogP) is -0.657. The number of urea groups is 2. The molecule has 2 saturated heterocycles. The molecule has 2 aliphatic heterocycles. The summed E-state index contributed by atoms with van der Waals surface area (Å²) in [6.45, 7) is 2.00. The van der Waals surface area contributed by atoms with Crippen molar-refractivity contribution in [2.24, 2.45) is 0 Å². The van der Waals surface area contributed by atoms with E-state index in [1.54, 1.807) is 19.0 Å². The molecule has 7 heteroatoms. The van der Waals surface area contributed by atoms with Crippen LogP contribution >= 0.6 is 0 Å². The zero-order valence-electron chi connectivity index (χ0n) is 9.62. The topological polar surface area (TPSA) is 67.3 Å². The largest absolute Gasteiger partial charge is 0.376 e. The molecular formula is C9H16N4O3. The first-order valence-corrected chi connectivity index (χ1v) is 5.22. The molecule has 2 unspecified atom stereocenters. The Balaban J connectivity index is 2.38.